The van der Waals surface area contributed by atoms with E-state index in [1.807, 2.05) is 13.8 Å². The van der Waals surface area contributed by atoms with Crippen molar-refractivity contribution in [3.63, 3.8) is 0 Å². The lowest BCUT2D eigenvalue weighted by molar-refractivity contribution is -0.119. The van der Waals surface area contributed by atoms with Crippen molar-refractivity contribution >= 4 is 39.2 Å². The Kier molecular flexibility index (Phi) is 7.62. The third-order valence-corrected chi connectivity index (χ3v) is 6.27. The van der Waals surface area contributed by atoms with Gasteiger partial charge in [-0.15, -0.1) is 0 Å². The van der Waals surface area contributed by atoms with Crippen molar-refractivity contribution in [1.82, 2.24) is 14.1 Å². The first-order chi connectivity index (χ1) is 13.9. The van der Waals surface area contributed by atoms with Crippen LogP contribution < -0.4 is 5.32 Å². The smallest absolute Gasteiger partial charge is 0.343 e. The molecule has 9 nitrogen and oxygen atoms in total. The van der Waals surface area contributed by atoms with E-state index in [9.17, 15) is 18.0 Å². The molecule has 0 atom stereocenters. The van der Waals surface area contributed by atoms with E-state index in [4.69, 9.17) is 16.3 Å². The fourth-order valence-electron chi connectivity index (χ4n) is 2.57. The standard InChI is InChI=1S/C19H25ClN4O5S/c1-12(2)10-24-18(20)17(13(3)22-24)19(26)29-11-16(25)21-14-6-8-15(9-7-14)30(27,28)23(4)5/h6-9,12H,10-11H2,1-5H3,(H,21,25). The highest BCUT2D eigenvalue weighted by Crippen LogP contribution is 2.22. The monoisotopic (exact) mass is 456 g/mol. The zero-order valence-electron chi connectivity index (χ0n) is 17.5. The van der Waals surface area contributed by atoms with Crippen LogP contribution in [0.4, 0.5) is 5.69 Å². The Morgan fingerprint density at radius 1 is 1.23 bits per heavy atom. The molecule has 0 aliphatic carbocycles. The minimum absolute atomic E-state index is 0.0976. The molecule has 11 heteroatoms. The number of sulfonamides is 1. The molecule has 30 heavy (non-hydrogen) atoms. The Labute approximate surface area is 181 Å². The summed E-state index contributed by atoms with van der Waals surface area (Å²) >= 11 is 6.23. The Morgan fingerprint density at radius 3 is 2.37 bits per heavy atom. The lowest BCUT2D eigenvalue weighted by Crippen LogP contribution is -2.23. The average molecular weight is 457 g/mol. The van der Waals surface area contributed by atoms with Gasteiger partial charge in [-0.25, -0.2) is 17.5 Å². The van der Waals surface area contributed by atoms with E-state index in [0.29, 0.717) is 17.9 Å². The van der Waals surface area contributed by atoms with Crippen LogP contribution in [-0.4, -0.2) is 55.1 Å². The first kappa shape index (κ1) is 23.8. The molecular formula is C19H25ClN4O5S. The maximum absolute atomic E-state index is 12.3. The molecule has 0 saturated carbocycles. The van der Waals surface area contributed by atoms with Crippen LogP contribution in [0, 0.1) is 12.8 Å². The van der Waals surface area contributed by atoms with Crippen molar-refractivity contribution in [2.75, 3.05) is 26.0 Å². The fourth-order valence-corrected chi connectivity index (χ4v) is 3.80. The summed E-state index contributed by atoms with van der Waals surface area (Å²) in [7, 11) is -0.696. The Morgan fingerprint density at radius 2 is 1.83 bits per heavy atom. The van der Waals surface area contributed by atoms with Gasteiger partial charge < -0.3 is 10.1 Å². The van der Waals surface area contributed by atoms with Gasteiger partial charge in [0.15, 0.2) is 6.61 Å². The number of hydrogen-bond donors (Lipinski definition) is 1. The van der Waals surface area contributed by atoms with Crippen LogP contribution in [0.5, 0.6) is 0 Å². The van der Waals surface area contributed by atoms with E-state index in [0.717, 1.165) is 4.31 Å². The number of nitrogens with one attached hydrogen (secondary N) is 1. The highest BCUT2D eigenvalue weighted by molar-refractivity contribution is 7.89. The minimum atomic E-state index is -3.56. The van der Waals surface area contributed by atoms with Gasteiger partial charge in [0, 0.05) is 26.3 Å². The van der Waals surface area contributed by atoms with Gasteiger partial charge in [-0.2, -0.15) is 5.10 Å². The number of aromatic nitrogens is 2. The first-order valence-corrected chi connectivity index (χ1v) is 11.0. The third kappa shape index (κ3) is 5.59. The maximum Gasteiger partial charge on any atom is 0.343 e. The number of anilines is 1. The number of aryl methyl sites for hydroxylation is 1. The number of nitrogens with zero attached hydrogens (tertiary/aromatic N) is 3. The summed E-state index contributed by atoms with van der Waals surface area (Å²) < 4.78 is 31.8. The van der Waals surface area contributed by atoms with Gasteiger partial charge in [-0.3, -0.25) is 9.48 Å². The molecule has 1 aromatic heterocycles. The molecule has 1 aromatic carbocycles. The lowest BCUT2D eigenvalue weighted by Gasteiger charge is -2.12. The van der Waals surface area contributed by atoms with Gasteiger partial charge in [0.05, 0.1) is 10.6 Å². The summed E-state index contributed by atoms with van der Waals surface area (Å²) in [6.45, 7) is 5.66. The van der Waals surface area contributed by atoms with Crippen molar-refractivity contribution < 1.29 is 22.7 Å². The summed E-state index contributed by atoms with van der Waals surface area (Å²) in [6.07, 6.45) is 0. The summed E-state index contributed by atoms with van der Waals surface area (Å²) in [5.74, 6) is -1.03. The second-order valence-corrected chi connectivity index (χ2v) is 9.77. The van der Waals surface area contributed by atoms with Crippen LogP contribution in [-0.2, 0) is 26.1 Å². The van der Waals surface area contributed by atoms with E-state index >= 15 is 0 Å². The summed E-state index contributed by atoms with van der Waals surface area (Å²) in [5.41, 5.74) is 0.917. The second kappa shape index (κ2) is 9.59. The number of ether oxygens (including phenoxy) is 1. The Balaban J connectivity index is 1.98. The van der Waals surface area contributed by atoms with Crippen molar-refractivity contribution in [3.05, 3.63) is 40.7 Å². The van der Waals surface area contributed by atoms with Gasteiger partial charge in [0.2, 0.25) is 10.0 Å². The highest BCUT2D eigenvalue weighted by atomic mass is 35.5. The topological polar surface area (TPSA) is 111 Å². The predicted molar refractivity (Wildman–Crippen MR) is 113 cm³/mol. The van der Waals surface area contributed by atoms with E-state index in [-0.39, 0.29) is 21.5 Å². The maximum atomic E-state index is 12.3. The Hall–Kier alpha value is -2.43. The second-order valence-electron chi connectivity index (χ2n) is 7.26. The van der Waals surface area contributed by atoms with Gasteiger partial charge >= 0.3 is 5.97 Å². The van der Waals surface area contributed by atoms with Crippen molar-refractivity contribution in [3.8, 4) is 0 Å². The molecule has 1 heterocycles. The molecule has 0 fully saturated rings. The van der Waals surface area contributed by atoms with Crippen LogP contribution in [0.25, 0.3) is 0 Å². The number of carbonyl (C=O) groups is 2. The van der Waals surface area contributed by atoms with E-state index in [2.05, 4.69) is 10.4 Å². The molecule has 0 bridgehead atoms. The van der Waals surface area contributed by atoms with Crippen molar-refractivity contribution in [2.24, 2.45) is 5.92 Å². The zero-order valence-corrected chi connectivity index (χ0v) is 19.0. The molecule has 164 valence electrons. The molecular weight excluding hydrogens is 432 g/mol. The number of esters is 1. The summed E-state index contributed by atoms with van der Waals surface area (Å²) in [4.78, 5) is 24.5. The quantitative estimate of drug-likeness (QED) is 0.611. The predicted octanol–water partition coefficient (Wildman–Crippen LogP) is 2.55. The number of halogens is 1. The molecule has 1 N–H and O–H groups in total. The minimum Gasteiger partial charge on any atom is -0.452 e. The molecule has 0 aliphatic heterocycles. The molecule has 0 aliphatic rings. The van der Waals surface area contributed by atoms with Gasteiger partial charge in [-0.05, 0) is 37.1 Å². The van der Waals surface area contributed by atoms with E-state index < -0.39 is 28.5 Å². The van der Waals surface area contributed by atoms with Gasteiger partial charge in [0.1, 0.15) is 10.7 Å². The number of rotatable bonds is 8. The third-order valence-electron chi connectivity index (χ3n) is 4.06. The van der Waals surface area contributed by atoms with Crippen molar-refractivity contribution in [2.45, 2.75) is 32.2 Å². The highest BCUT2D eigenvalue weighted by Gasteiger charge is 2.23. The summed E-state index contributed by atoms with van der Waals surface area (Å²) in [5, 5.41) is 6.95. The zero-order chi connectivity index (χ0) is 22.6. The molecule has 0 spiro atoms. The molecule has 0 saturated heterocycles. The lowest BCUT2D eigenvalue weighted by atomic mass is 10.2. The molecule has 1 amide bonds. The van der Waals surface area contributed by atoms with Crippen LogP contribution in [0.15, 0.2) is 29.2 Å². The first-order valence-electron chi connectivity index (χ1n) is 9.16. The van der Waals surface area contributed by atoms with E-state index in [1.165, 1.54) is 43.0 Å². The van der Waals surface area contributed by atoms with Gasteiger partial charge in [0.25, 0.3) is 5.91 Å². The summed E-state index contributed by atoms with van der Waals surface area (Å²) in [6, 6.07) is 5.66. The van der Waals surface area contributed by atoms with E-state index in [1.54, 1.807) is 6.92 Å². The Bertz CT molecular complexity index is 1030. The van der Waals surface area contributed by atoms with Crippen molar-refractivity contribution in [1.29, 1.82) is 0 Å². The number of amides is 1. The normalized spacial score (nSPS) is 11.7. The molecule has 0 radical (unpaired) electrons. The number of hydrogen-bond acceptors (Lipinski definition) is 6. The average Bonchev–Trinajstić information content (AvgIpc) is 2.92. The largest absolute Gasteiger partial charge is 0.452 e. The number of benzene rings is 1. The SMILES string of the molecule is Cc1nn(CC(C)C)c(Cl)c1C(=O)OCC(=O)Nc1ccc(S(=O)(=O)N(C)C)cc1. The molecule has 2 aromatic rings. The van der Waals surface area contributed by atoms with Crippen LogP contribution in [0.3, 0.4) is 0 Å². The molecule has 2 rings (SSSR count). The number of carbonyl (C=O) groups excluding carboxylic acids is 2. The molecule has 0 unspecified atom stereocenters. The van der Waals surface area contributed by atoms with Gasteiger partial charge in [-0.1, -0.05) is 25.4 Å². The van der Waals surface area contributed by atoms with Crippen LogP contribution >= 0.6 is 11.6 Å². The van der Waals surface area contributed by atoms with Crippen LogP contribution in [0.2, 0.25) is 5.15 Å². The van der Waals surface area contributed by atoms with Crippen LogP contribution in [0.1, 0.15) is 29.9 Å². The fraction of sp³-hybridized carbons (Fsp3) is 0.421.